The van der Waals surface area contributed by atoms with Crippen LogP contribution in [0, 0.1) is 0 Å². The van der Waals surface area contributed by atoms with E-state index in [2.05, 4.69) is 33.8 Å². The SMILES string of the molecule is C=Cc1ncc(C(=O)NCC(=O)NC2CCCN(Sc3cccc[n+]3O)CC2O)nc1C=C. The first-order valence-electron chi connectivity index (χ1n) is 10.4. The number of β-amino-alcohol motifs (C(OH)–C–C–N with tert-alkyl or cyclic N) is 1. The van der Waals surface area contributed by atoms with Gasteiger partial charge in [0.05, 0.1) is 36.3 Å². The summed E-state index contributed by atoms with van der Waals surface area (Å²) in [6.07, 6.45) is 6.35. The van der Waals surface area contributed by atoms with Crippen molar-refractivity contribution in [2.75, 3.05) is 19.6 Å². The van der Waals surface area contributed by atoms with Gasteiger partial charge in [0.15, 0.2) is 0 Å². The first kappa shape index (κ1) is 24.4. The summed E-state index contributed by atoms with van der Waals surface area (Å²) in [5.74, 6) is -0.954. The molecule has 1 aliphatic rings. The van der Waals surface area contributed by atoms with Crippen molar-refractivity contribution in [2.45, 2.75) is 30.0 Å². The van der Waals surface area contributed by atoms with E-state index in [1.54, 1.807) is 12.1 Å². The van der Waals surface area contributed by atoms with Gasteiger partial charge in [0, 0.05) is 41.9 Å². The minimum absolute atomic E-state index is 0.0625. The highest BCUT2D eigenvalue weighted by molar-refractivity contribution is 7.96. The molecule has 0 saturated carbocycles. The number of aromatic nitrogens is 3. The van der Waals surface area contributed by atoms with E-state index < -0.39 is 24.0 Å². The number of nitrogens with zero attached hydrogens (tertiary/aromatic N) is 4. The third-order valence-electron chi connectivity index (χ3n) is 5.01. The molecule has 3 rings (SSSR count). The maximum absolute atomic E-state index is 12.4. The molecule has 4 N–H and O–H groups in total. The van der Waals surface area contributed by atoms with Gasteiger partial charge < -0.3 is 15.7 Å². The molecular weight excluding hydrogens is 444 g/mol. The largest absolute Gasteiger partial charge is 0.390 e. The fourth-order valence-corrected chi connectivity index (χ4v) is 4.32. The predicted molar refractivity (Wildman–Crippen MR) is 123 cm³/mol. The van der Waals surface area contributed by atoms with E-state index in [9.17, 15) is 19.9 Å². The molecular formula is C22H27N6O4S+. The maximum Gasteiger partial charge on any atom is 0.305 e. The molecule has 174 valence electrons. The van der Waals surface area contributed by atoms with Gasteiger partial charge in [-0.05, 0) is 31.1 Å². The van der Waals surface area contributed by atoms with Crippen LogP contribution in [0.3, 0.4) is 0 Å². The van der Waals surface area contributed by atoms with Crippen LogP contribution in [0.15, 0.2) is 48.8 Å². The Kier molecular flexibility index (Phi) is 8.52. The Morgan fingerprint density at radius 3 is 2.82 bits per heavy atom. The standard InChI is InChI=1S/C22H26N6O4S/c1-3-15-16(4-2)25-18(12-23-15)22(31)24-13-20(30)26-17-8-7-10-27(14-19(17)29)33-21-9-5-6-11-28(21)32/h3-6,9,11-12,17,19,29H,1-2,7-8,10,13-14H2,(H2-,24,26,30,31,32)/p+1. The van der Waals surface area contributed by atoms with Crippen LogP contribution in [0.4, 0.5) is 0 Å². The Labute approximate surface area is 196 Å². The summed E-state index contributed by atoms with van der Waals surface area (Å²) in [6.45, 7) is 8.01. The van der Waals surface area contributed by atoms with Gasteiger partial charge in [-0.15, -0.1) is 0 Å². The van der Waals surface area contributed by atoms with Crippen molar-refractivity contribution in [2.24, 2.45) is 0 Å². The van der Waals surface area contributed by atoms with E-state index >= 15 is 0 Å². The molecule has 2 aromatic heterocycles. The van der Waals surface area contributed by atoms with Crippen molar-refractivity contribution >= 4 is 35.9 Å². The van der Waals surface area contributed by atoms with E-state index in [4.69, 9.17) is 0 Å². The number of hydrogen-bond donors (Lipinski definition) is 4. The van der Waals surface area contributed by atoms with Gasteiger partial charge in [0.1, 0.15) is 5.69 Å². The summed E-state index contributed by atoms with van der Waals surface area (Å²) in [6, 6.07) is 4.86. The van der Waals surface area contributed by atoms with Crippen molar-refractivity contribution in [1.82, 2.24) is 24.9 Å². The second-order valence-electron chi connectivity index (χ2n) is 7.36. The highest BCUT2D eigenvalue weighted by Gasteiger charge is 2.29. The lowest BCUT2D eigenvalue weighted by atomic mass is 10.1. The molecule has 2 aromatic rings. The second kappa shape index (κ2) is 11.5. The Hall–Kier alpha value is -3.28. The average molecular weight is 472 g/mol. The zero-order chi connectivity index (χ0) is 23.8. The quantitative estimate of drug-likeness (QED) is 0.251. The number of aliphatic hydroxyl groups excluding tert-OH is 1. The number of rotatable bonds is 8. The van der Waals surface area contributed by atoms with Crippen LogP contribution in [0.25, 0.3) is 12.2 Å². The summed E-state index contributed by atoms with van der Waals surface area (Å²) in [5, 5.41) is 26.4. The molecule has 0 radical (unpaired) electrons. The summed E-state index contributed by atoms with van der Waals surface area (Å²) in [7, 11) is 0. The van der Waals surface area contributed by atoms with Crippen LogP contribution in [0.2, 0.25) is 0 Å². The molecule has 0 bridgehead atoms. The average Bonchev–Trinajstić information content (AvgIpc) is 2.99. The van der Waals surface area contributed by atoms with Crippen LogP contribution in [0.1, 0.15) is 34.7 Å². The zero-order valence-corrected chi connectivity index (χ0v) is 18.9. The van der Waals surface area contributed by atoms with Gasteiger partial charge in [0.25, 0.3) is 5.91 Å². The fraction of sp³-hybridized carbons (Fsp3) is 0.318. The maximum atomic E-state index is 12.4. The lowest BCUT2D eigenvalue weighted by molar-refractivity contribution is -0.932. The molecule has 1 saturated heterocycles. The van der Waals surface area contributed by atoms with Gasteiger partial charge in [-0.25, -0.2) is 9.29 Å². The summed E-state index contributed by atoms with van der Waals surface area (Å²) >= 11 is 1.34. The number of hydrogen-bond acceptors (Lipinski definition) is 8. The molecule has 1 aliphatic heterocycles. The van der Waals surface area contributed by atoms with Gasteiger partial charge in [-0.3, -0.25) is 19.8 Å². The van der Waals surface area contributed by atoms with Crippen LogP contribution in [-0.2, 0) is 4.79 Å². The van der Waals surface area contributed by atoms with Crippen LogP contribution in [-0.4, -0.2) is 68.2 Å². The van der Waals surface area contributed by atoms with E-state index in [-0.39, 0.29) is 12.2 Å². The number of pyridine rings is 1. The number of carbonyl (C=O) groups excluding carboxylic acids is 2. The fourth-order valence-electron chi connectivity index (χ4n) is 3.32. The topological polar surface area (TPSA) is 132 Å². The highest BCUT2D eigenvalue weighted by Crippen LogP contribution is 2.23. The van der Waals surface area contributed by atoms with Gasteiger partial charge >= 0.3 is 5.03 Å². The Morgan fingerprint density at radius 2 is 2.09 bits per heavy atom. The predicted octanol–water partition coefficient (Wildman–Crippen LogP) is 0.666. The van der Waals surface area contributed by atoms with E-state index in [0.717, 1.165) is 11.2 Å². The smallest absolute Gasteiger partial charge is 0.305 e. The number of aliphatic hydroxyl groups is 1. The van der Waals surface area contributed by atoms with E-state index in [1.807, 2.05) is 10.4 Å². The molecule has 0 aromatic carbocycles. The summed E-state index contributed by atoms with van der Waals surface area (Å²) < 4.78 is 2.97. The number of nitrogens with one attached hydrogen (secondary N) is 2. The van der Waals surface area contributed by atoms with Crippen molar-refractivity contribution in [3.05, 3.63) is 60.8 Å². The van der Waals surface area contributed by atoms with Crippen LogP contribution >= 0.6 is 11.9 Å². The normalized spacial score (nSPS) is 18.7. The minimum Gasteiger partial charge on any atom is -0.390 e. The molecule has 2 atom stereocenters. The van der Waals surface area contributed by atoms with E-state index in [0.29, 0.717) is 35.9 Å². The van der Waals surface area contributed by atoms with Crippen molar-refractivity contribution < 1.29 is 24.6 Å². The zero-order valence-electron chi connectivity index (χ0n) is 18.1. The van der Waals surface area contributed by atoms with Gasteiger partial charge in [-0.1, -0.05) is 13.2 Å². The Balaban J connectivity index is 1.51. The van der Waals surface area contributed by atoms with Crippen molar-refractivity contribution in [3.8, 4) is 0 Å². The lowest BCUT2D eigenvalue weighted by Crippen LogP contribution is -2.48. The first-order chi connectivity index (χ1) is 15.9. The minimum atomic E-state index is -0.803. The number of amides is 2. The van der Waals surface area contributed by atoms with Crippen LogP contribution in [0.5, 0.6) is 0 Å². The highest BCUT2D eigenvalue weighted by atomic mass is 32.2. The molecule has 11 heteroatoms. The van der Waals surface area contributed by atoms with Crippen molar-refractivity contribution in [1.29, 1.82) is 0 Å². The monoisotopic (exact) mass is 471 g/mol. The van der Waals surface area contributed by atoms with Crippen molar-refractivity contribution in [3.63, 3.8) is 0 Å². The third-order valence-corrected chi connectivity index (χ3v) is 6.11. The Morgan fingerprint density at radius 1 is 1.30 bits per heavy atom. The summed E-state index contributed by atoms with van der Waals surface area (Å²) in [5.41, 5.74) is 0.996. The molecule has 10 nitrogen and oxygen atoms in total. The molecule has 2 amide bonds. The molecule has 1 fully saturated rings. The van der Waals surface area contributed by atoms with Gasteiger partial charge in [-0.2, -0.15) is 0 Å². The molecule has 33 heavy (non-hydrogen) atoms. The molecule has 0 aliphatic carbocycles. The third kappa shape index (κ3) is 6.60. The Bertz CT molecular complexity index is 1030. The summed E-state index contributed by atoms with van der Waals surface area (Å²) in [4.78, 5) is 33.0. The lowest BCUT2D eigenvalue weighted by Gasteiger charge is -2.23. The van der Waals surface area contributed by atoms with Gasteiger partial charge in [0.2, 0.25) is 12.1 Å². The molecule has 3 heterocycles. The first-order valence-corrected chi connectivity index (χ1v) is 11.2. The van der Waals surface area contributed by atoms with E-state index in [1.165, 1.54) is 36.5 Å². The molecule has 0 spiro atoms. The van der Waals surface area contributed by atoms with Crippen LogP contribution < -0.4 is 15.4 Å². The molecule has 2 unspecified atom stereocenters. The number of carbonyl (C=O) groups is 2. The second-order valence-corrected chi connectivity index (χ2v) is 8.48.